The summed E-state index contributed by atoms with van der Waals surface area (Å²) in [7, 11) is 0. The van der Waals surface area contributed by atoms with Crippen LogP contribution in [0.1, 0.15) is 25.6 Å². The molecule has 6 nitrogen and oxygen atoms in total. The van der Waals surface area contributed by atoms with E-state index in [1.807, 2.05) is 42.6 Å². The predicted octanol–water partition coefficient (Wildman–Crippen LogP) is 3.19. The van der Waals surface area contributed by atoms with E-state index in [0.29, 0.717) is 16.1 Å². The second-order valence-electron chi connectivity index (χ2n) is 6.21. The zero-order chi connectivity index (χ0) is 20.1. The van der Waals surface area contributed by atoms with Gasteiger partial charge in [-0.25, -0.2) is 0 Å². The molecule has 0 saturated heterocycles. The number of rotatable bonds is 6. The van der Waals surface area contributed by atoms with Gasteiger partial charge in [-0.05, 0) is 42.1 Å². The Balaban J connectivity index is 1.76. The molecule has 0 aliphatic heterocycles. The number of hydrogen-bond acceptors (Lipinski definition) is 4. The van der Waals surface area contributed by atoms with E-state index in [4.69, 9.17) is 5.73 Å². The number of primary amides is 1. The number of nitrogens with one attached hydrogen (secondary N) is 2. The average molecular weight is 393 g/mol. The molecular formula is C21H19N3O3S. The zero-order valence-electron chi connectivity index (χ0n) is 15.2. The van der Waals surface area contributed by atoms with Crippen LogP contribution in [0.4, 0.5) is 5.69 Å². The van der Waals surface area contributed by atoms with Crippen molar-refractivity contribution in [2.75, 3.05) is 11.9 Å². The highest BCUT2D eigenvalue weighted by Crippen LogP contribution is 2.29. The lowest BCUT2D eigenvalue weighted by molar-refractivity contribution is -0.117. The summed E-state index contributed by atoms with van der Waals surface area (Å²) in [5.74, 6) is -1.31. The second-order valence-corrected chi connectivity index (χ2v) is 7.13. The van der Waals surface area contributed by atoms with Crippen molar-refractivity contribution >= 4 is 34.7 Å². The van der Waals surface area contributed by atoms with E-state index in [9.17, 15) is 14.4 Å². The summed E-state index contributed by atoms with van der Waals surface area (Å²) >= 11 is 1.36. The fraction of sp³-hybridized carbons (Fsp3) is 0.0952. The van der Waals surface area contributed by atoms with Crippen LogP contribution in [0.2, 0.25) is 0 Å². The van der Waals surface area contributed by atoms with Crippen molar-refractivity contribution in [3.63, 3.8) is 0 Å². The Morgan fingerprint density at radius 3 is 2.46 bits per heavy atom. The SMILES string of the molecule is Cc1ccc(-c2ccsc2C(=O)Nc2cccc(C(=O)NCC(N)=O)c2)cc1. The van der Waals surface area contributed by atoms with Gasteiger partial charge in [-0.3, -0.25) is 14.4 Å². The number of thiophene rings is 1. The molecule has 28 heavy (non-hydrogen) atoms. The van der Waals surface area contributed by atoms with Crippen molar-refractivity contribution in [1.29, 1.82) is 0 Å². The fourth-order valence-corrected chi connectivity index (χ4v) is 3.45. The summed E-state index contributed by atoms with van der Waals surface area (Å²) in [4.78, 5) is 36.2. The number of anilines is 1. The van der Waals surface area contributed by atoms with Gasteiger partial charge in [-0.15, -0.1) is 11.3 Å². The highest BCUT2D eigenvalue weighted by molar-refractivity contribution is 7.12. The Morgan fingerprint density at radius 1 is 1.00 bits per heavy atom. The van der Waals surface area contributed by atoms with Crippen molar-refractivity contribution in [3.05, 3.63) is 76.0 Å². The van der Waals surface area contributed by atoms with Crippen LogP contribution in [0, 0.1) is 6.92 Å². The largest absolute Gasteiger partial charge is 0.368 e. The molecule has 3 rings (SSSR count). The van der Waals surface area contributed by atoms with Crippen LogP contribution in [-0.4, -0.2) is 24.3 Å². The minimum Gasteiger partial charge on any atom is -0.368 e. The van der Waals surface area contributed by atoms with Gasteiger partial charge in [0.25, 0.3) is 11.8 Å². The molecule has 0 aliphatic rings. The van der Waals surface area contributed by atoms with Gasteiger partial charge in [0.05, 0.1) is 11.4 Å². The molecule has 0 fully saturated rings. The smallest absolute Gasteiger partial charge is 0.266 e. The van der Waals surface area contributed by atoms with Crippen molar-refractivity contribution in [2.45, 2.75) is 6.92 Å². The van der Waals surface area contributed by atoms with Gasteiger partial charge in [0, 0.05) is 16.8 Å². The molecule has 3 amide bonds. The maximum atomic E-state index is 12.8. The van der Waals surface area contributed by atoms with Crippen LogP contribution in [0.3, 0.4) is 0 Å². The first-order valence-corrected chi connectivity index (χ1v) is 9.44. The van der Waals surface area contributed by atoms with Crippen molar-refractivity contribution in [3.8, 4) is 11.1 Å². The summed E-state index contributed by atoms with van der Waals surface area (Å²) in [6.07, 6.45) is 0. The van der Waals surface area contributed by atoms with E-state index < -0.39 is 11.8 Å². The third kappa shape index (κ3) is 4.63. The first kappa shape index (κ1) is 19.3. The van der Waals surface area contributed by atoms with Crippen molar-refractivity contribution in [2.24, 2.45) is 5.73 Å². The maximum absolute atomic E-state index is 12.8. The standard InChI is InChI=1S/C21H19N3O3S/c1-13-5-7-14(8-6-13)17-9-10-28-19(17)21(27)24-16-4-2-3-15(11-16)20(26)23-12-18(22)25/h2-11H,12H2,1H3,(H2,22,25)(H,23,26)(H,24,27). The Bertz CT molecular complexity index is 1030. The summed E-state index contributed by atoms with van der Waals surface area (Å²) in [5.41, 5.74) is 8.82. The van der Waals surface area contributed by atoms with Crippen LogP contribution in [0.5, 0.6) is 0 Å². The van der Waals surface area contributed by atoms with Gasteiger partial charge in [0.1, 0.15) is 0 Å². The summed E-state index contributed by atoms with van der Waals surface area (Å²) in [5, 5.41) is 7.12. The quantitative estimate of drug-likeness (QED) is 0.599. The van der Waals surface area contributed by atoms with Crippen LogP contribution in [0.25, 0.3) is 11.1 Å². The Kier molecular flexibility index (Phi) is 5.86. The topological polar surface area (TPSA) is 101 Å². The molecule has 4 N–H and O–H groups in total. The Labute approximate surface area is 166 Å². The summed E-state index contributed by atoms with van der Waals surface area (Å²) in [6, 6.07) is 16.4. The molecule has 1 heterocycles. The molecule has 142 valence electrons. The highest BCUT2D eigenvalue weighted by atomic mass is 32.1. The monoisotopic (exact) mass is 393 g/mol. The third-order valence-electron chi connectivity index (χ3n) is 4.04. The molecule has 0 bridgehead atoms. The van der Waals surface area contributed by atoms with Gasteiger partial charge >= 0.3 is 0 Å². The number of nitrogens with two attached hydrogens (primary N) is 1. The number of hydrogen-bond donors (Lipinski definition) is 3. The molecule has 2 aromatic carbocycles. The lowest BCUT2D eigenvalue weighted by Crippen LogP contribution is -2.33. The van der Waals surface area contributed by atoms with E-state index in [0.717, 1.165) is 16.7 Å². The van der Waals surface area contributed by atoms with Crippen molar-refractivity contribution in [1.82, 2.24) is 5.32 Å². The van der Waals surface area contributed by atoms with Crippen molar-refractivity contribution < 1.29 is 14.4 Å². The molecule has 0 atom stereocenters. The number of carbonyl (C=O) groups is 3. The van der Waals surface area contributed by atoms with Gasteiger partial charge in [-0.1, -0.05) is 35.9 Å². The minimum absolute atomic E-state index is 0.246. The van der Waals surface area contributed by atoms with Crippen LogP contribution in [-0.2, 0) is 4.79 Å². The second kappa shape index (κ2) is 8.49. The number of benzene rings is 2. The molecule has 3 aromatic rings. The summed E-state index contributed by atoms with van der Waals surface area (Å²) < 4.78 is 0. The zero-order valence-corrected chi connectivity index (χ0v) is 16.0. The average Bonchev–Trinajstić information content (AvgIpc) is 3.17. The molecule has 0 aliphatic carbocycles. The van der Waals surface area contributed by atoms with E-state index in [1.54, 1.807) is 24.3 Å². The molecule has 0 saturated carbocycles. The molecule has 7 heteroatoms. The third-order valence-corrected chi connectivity index (χ3v) is 4.95. The van der Waals surface area contributed by atoms with Crippen LogP contribution >= 0.6 is 11.3 Å². The Hall–Kier alpha value is -3.45. The van der Waals surface area contributed by atoms with Gasteiger partial charge in [0.2, 0.25) is 5.91 Å². The van der Waals surface area contributed by atoms with E-state index in [-0.39, 0.29) is 12.5 Å². The first-order chi connectivity index (χ1) is 13.4. The molecule has 1 aromatic heterocycles. The van der Waals surface area contributed by atoms with E-state index >= 15 is 0 Å². The van der Waals surface area contributed by atoms with Gasteiger partial charge in [0.15, 0.2) is 0 Å². The first-order valence-electron chi connectivity index (χ1n) is 8.56. The molecule has 0 spiro atoms. The molecule has 0 radical (unpaired) electrons. The lowest BCUT2D eigenvalue weighted by Gasteiger charge is -2.09. The van der Waals surface area contributed by atoms with Gasteiger partial charge in [-0.2, -0.15) is 0 Å². The van der Waals surface area contributed by atoms with Crippen LogP contribution in [0.15, 0.2) is 60.0 Å². The number of amides is 3. The molecular weight excluding hydrogens is 374 g/mol. The van der Waals surface area contributed by atoms with Gasteiger partial charge < -0.3 is 16.4 Å². The van der Waals surface area contributed by atoms with E-state index in [1.165, 1.54) is 11.3 Å². The number of aryl methyl sites for hydroxylation is 1. The number of carbonyl (C=O) groups excluding carboxylic acids is 3. The highest BCUT2D eigenvalue weighted by Gasteiger charge is 2.15. The predicted molar refractivity (Wildman–Crippen MR) is 110 cm³/mol. The lowest BCUT2D eigenvalue weighted by atomic mass is 10.0. The minimum atomic E-state index is -0.626. The van der Waals surface area contributed by atoms with Crippen LogP contribution < -0.4 is 16.4 Å². The van der Waals surface area contributed by atoms with E-state index in [2.05, 4.69) is 10.6 Å². The fourth-order valence-electron chi connectivity index (χ4n) is 2.64. The molecule has 0 unspecified atom stereocenters. The summed E-state index contributed by atoms with van der Waals surface area (Å²) in [6.45, 7) is 1.77. The normalized spacial score (nSPS) is 10.3. The maximum Gasteiger partial charge on any atom is 0.266 e. The Morgan fingerprint density at radius 2 is 1.75 bits per heavy atom.